The summed E-state index contributed by atoms with van der Waals surface area (Å²) in [5.41, 5.74) is 6.87. The molecule has 0 heterocycles. The SMILES string of the molecule is CC(C)CCCOC(=O)c1ccc(I)c(N)c1. The van der Waals surface area contributed by atoms with Crippen molar-refractivity contribution in [2.75, 3.05) is 12.3 Å². The van der Waals surface area contributed by atoms with E-state index < -0.39 is 0 Å². The van der Waals surface area contributed by atoms with Gasteiger partial charge in [0.1, 0.15) is 0 Å². The van der Waals surface area contributed by atoms with E-state index in [0.29, 0.717) is 23.8 Å². The molecule has 0 unspecified atom stereocenters. The number of hydrogen-bond acceptors (Lipinski definition) is 3. The molecule has 4 heteroatoms. The summed E-state index contributed by atoms with van der Waals surface area (Å²) in [4.78, 5) is 11.7. The van der Waals surface area contributed by atoms with Gasteiger partial charge in [-0.25, -0.2) is 4.79 Å². The minimum Gasteiger partial charge on any atom is -0.462 e. The van der Waals surface area contributed by atoms with Gasteiger partial charge < -0.3 is 10.5 Å². The van der Waals surface area contributed by atoms with Crippen molar-refractivity contribution < 1.29 is 9.53 Å². The van der Waals surface area contributed by atoms with E-state index in [4.69, 9.17) is 10.5 Å². The molecule has 0 fully saturated rings. The molecule has 0 spiro atoms. The van der Waals surface area contributed by atoms with E-state index in [1.165, 1.54) is 0 Å². The van der Waals surface area contributed by atoms with Gasteiger partial charge in [0, 0.05) is 9.26 Å². The molecule has 0 saturated heterocycles. The lowest BCUT2D eigenvalue weighted by molar-refractivity contribution is 0.0495. The Morgan fingerprint density at radius 2 is 2.18 bits per heavy atom. The smallest absolute Gasteiger partial charge is 0.338 e. The van der Waals surface area contributed by atoms with Gasteiger partial charge in [-0.15, -0.1) is 0 Å². The molecule has 0 aliphatic heterocycles. The number of nitrogen functional groups attached to an aromatic ring is 1. The highest BCUT2D eigenvalue weighted by atomic mass is 127. The zero-order valence-corrected chi connectivity index (χ0v) is 12.4. The molecule has 2 N–H and O–H groups in total. The second-order valence-corrected chi connectivity index (χ2v) is 5.57. The number of carbonyl (C=O) groups is 1. The van der Waals surface area contributed by atoms with Crippen LogP contribution >= 0.6 is 22.6 Å². The quantitative estimate of drug-likeness (QED) is 0.384. The Labute approximate surface area is 116 Å². The van der Waals surface area contributed by atoms with Crippen molar-refractivity contribution in [3.05, 3.63) is 27.3 Å². The molecular weight excluding hydrogens is 329 g/mol. The third-order valence-electron chi connectivity index (χ3n) is 2.39. The molecule has 0 amide bonds. The molecule has 0 bridgehead atoms. The lowest BCUT2D eigenvalue weighted by atomic mass is 10.1. The Morgan fingerprint density at radius 1 is 1.47 bits per heavy atom. The average molecular weight is 347 g/mol. The van der Waals surface area contributed by atoms with Crippen LogP contribution in [0.15, 0.2) is 18.2 Å². The Bertz CT molecular complexity index is 391. The van der Waals surface area contributed by atoms with Crippen molar-refractivity contribution in [1.29, 1.82) is 0 Å². The fraction of sp³-hybridized carbons (Fsp3) is 0.462. The first kappa shape index (κ1) is 14.3. The average Bonchev–Trinajstić information content (AvgIpc) is 2.27. The molecule has 0 atom stereocenters. The lowest BCUT2D eigenvalue weighted by Crippen LogP contribution is -2.08. The molecule has 1 aromatic carbocycles. The summed E-state index contributed by atoms with van der Waals surface area (Å²) in [6.45, 7) is 4.78. The Hall–Kier alpha value is -0.780. The fourth-order valence-electron chi connectivity index (χ4n) is 1.41. The molecule has 0 saturated carbocycles. The maximum absolute atomic E-state index is 11.7. The Morgan fingerprint density at radius 3 is 2.76 bits per heavy atom. The van der Waals surface area contributed by atoms with Crippen LogP contribution in [0.1, 0.15) is 37.0 Å². The van der Waals surface area contributed by atoms with Crippen molar-refractivity contribution in [2.45, 2.75) is 26.7 Å². The molecule has 1 rings (SSSR count). The molecule has 0 radical (unpaired) electrons. The second kappa shape index (κ2) is 6.83. The first-order valence-electron chi connectivity index (χ1n) is 5.73. The summed E-state index contributed by atoms with van der Waals surface area (Å²) >= 11 is 2.13. The monoisotopic (exact) mass is 347 g/mol. The van der Waals surface area contributed by atoms with Gasteiger partial charge in [0.05, 0.1) is 12.2 Å². The number of esters is 1. The van der Waals surface area contributed by atoms with Gasteiger partial charge in [-0.2, -0.15) is 0 Å². The Kier molecular flexibility index (Phi) is 5.74. The van der Waals surface area contributed by atoms with E-state index >= 15 is 0 Å². The summed E-state index contributed by atoms with van der Waals surface area (Å²) in [7, 11) is 0. The van der Waals surface area contributed by atoms with E-state index in [0.717, 1.165) is 16.4 Å². The highest BCUT2D eigenvalue weighted by molar-refractivity contribution is 14.1. The zero-order chi connectivity index (χ0) is 12.8. The van der Waals surface area contributed by atoms with Crippen molar-refractivity contribution in [3.63, 3.8) is 0 Å². The normalized spacial score (nSPS) is 10.6. The molecule has 94 valence electrons. The van der Waals surface area contributed by atoms with Crippen LogP contribution in [-0.4, -0.2) is 12.6 Å². The Balaban J connectivity index is 2.44. The van der Waals surface area contributed by atoms with Crippen LogP contribution in [0.2, 0.25) is 0 Å². The van der Waals surface area contributed by atoms with Gasteiger partial charge in [0.25, 0.3) is 0 Å². The van der Waals surface area contributed by atoms with Crippen molar-refractivity contribution in [1.82, 2.24) is 0 Å². The van der Waals surface area contributed by atoms with Gasteiger partial charge >= 0.3 is 5.97 Å². The van der Waals surface area contributed by atoms with Gasteiger partial charge in [-0.05, 0) is 59.5 Å². The van der Waals surface area contributed by atoms with E-state index in [2.05, 4.69) is 36.4 Å². The number of rotatable bonds is 5. The number of hydrogen-bond donors (Lipinski definition) is 1. The maximum Gasteiger partial charge on any atom is 0.338 e. The van der Waals surface area contributed by atoms with Gasteiger partial charge in [-0.1, -0.05) is 13.8 Å². The van der Waals surface area contributed by atoms with Crippen molar-refractivity contribution in [3.8, 4) is 0 Å². The van der Waals surface area contributed by atoms with E-state index in [-0.39, 0.29) is 5.97 Å². The largest absolute Gasteiger partial charge is 0.462 e. The summed E-state index contributed by atoms with van der Waals surface area (Å²) in [6.07, 6.45) is 1.98. The van der Waals surface area contributed by atoms with Crippen LogP contribution in [0.3, 0.4) is 0 Å². The predicted molar refractivity (Wildman–Crippen MR) is 77.9 cm³/mol. The minimum atomic E-state index is -0.295. The third kappa shape index (κ3) is 4.93. The third-order valence-corrected chi connectivity index (χ3v) is 3.37. The summed E-state index contributed by atoms with van der Waals surface area (Å²) in [5.74, 6) is 0.347. The molecule has 1 aromatic rings. The van der Waals surface area contributed by atoms with E-state index in [1.54, 1.807) is 12.1 Å². The van der Waals surface area contributed by atoms with E-state index in [9.17, 15) is 4.79 Å². The maximum atomic E-state index is 11.7. The molecule has 17 heavy (non-hydrogen) atoms. The topological polar surface area (TPSA) is 52.3 Å². The molecule has 0 aliphatic rings. The number of halogens is 1. The van der Waals surface area contributed by atoms with Gasteiger partial charge in [-0.3, -0.25) is 0 Å². The number of ether oxygens (including phenoxy) is 1. The lowest BCUT2D eigenvalue weighted by Gasteiger charge is -2.07. The first-order chi connectivity index (χ1) is 8.00. The number of nitrogens with two attached hydrogens (primary N) is 1. The van der Waals surface area contributed by atoms with Crippen LogP contribution in [0, 0.1) is 9.49 Å². The number of carbonyl (C=O) groups excluding carboxylic acids is 1. The van der Waals surface area contributed by atoms with Crippen molar-refractivity contribution in [2.24, 2.45) is 5.92 Å². The van der Waals surface area contributed by atoms with Crippen LogP contribution < -0.4 is 5.73 Å². The molecule has 0 aromatic heterocycles. The number of benzene rings is 1. The predicted octanol–water partition coefficient (Wildman–Crippen LogP) is 3.47. The highest BCUT2D eigenvalue weighted by Crippen LogP contribution is 2.17. The van der Waals surface area contributed by atoms with Crippen molar-refractivity contribution >= 4 is 34.2 Å². The van der Waals surface area contributed by atoms with Gasteiger partial charge in [0.2, 0.25) is 0 Å². The zero-order valence-electron chi connectivity index (χ0n) is 10.2. The standard InChI is InChI=1S/C13H18INO2/c1-9(2)4-3-7-17-13(16)10-5-6-11(14)12(15)8-10/h5-6,8-9H,3-4,7,15H2,1-2H3. The fourth-order valence-corrected chi connectivity index (χ4v) is 1.75. The van der Waals surface area contributed by atoms with Crippen LogP contribution in [0.5, 0.6) is 0 Å². The van der Waals surface area contributed by atoms with Gasteiger partial charge in [0.15, 0.2) is 0 Å². The van der Waals surface area contributed by atoms with Crippen LogP contribution in [-0.2, 0) is 4.74 Å². The van der Waals surface area contributed by atoms with Crippen LogP contribution in [0.25, 0.3) is 0 Å². The first-order valence-corrected chi connectivity index (χ1v) is 6.80. The van der Waals surface area contributed by atoms with E-state index in [1.807, 2.05) is 6.07 Å². The number of anilines is 1. The molecular formula is C13H18INO2. The minimum absolute atomic E-state index is 0.295. The summed E-state index contributed by atoms with van der Waals surface area (Å²) < 4.78 is 6.12. The summed E-state index contributed by atoms with van der Waals surface area (Å²) in [5, 5.41) is 0. The summed E-state index contributed by atoms with van der Waals surface area (Å²) in [6, 6.07) is 5.22. The highest BCUT2D eigenvalue weighted by Gasteiger charge is 2.08. The molecule has 3 nitrogen and oxygen atoms in total. The van der Waals surface area contributed by atoms with Crippen LogP contribution in [0.4, 0.5) is 5.69 Å². The molecule has 0 aliphatic carbocycles. The second-order valence-electron chi connectivity index (χ2n) is 4.41.